The Balaban J connectivity index is 0.00000576. The van der Waals surface area contributed by atoms with Crippen LogP contribution in [0.5, 0.6) is 0 Å². The lowest BCUT2D eigenvalue weighted by Gasteiger charge is -2.20. The van der Waals surface area contributed by atoms with Gasteiger partial charge in [0.05, 0.1) is 5.69 Å². The van der Waals surface area contributed by atoms with Gasteiger partial charge < -0.3 is 20.3 Å². The van der Waals surface area contributed by atoms with Gasteiger partial charge in [-0.3, -0.25) is 0 Å². The van der Waals surface area contributed by atoms with E-state index >= 15 is 0 Å². The van der Waals surface area contributed by atoms with E-state index in [-0.39, 0.29) is 30.6 Å². The summed E-state index contributed by atoms with van der Waals surface area (Å²) in [5.74, 6) is 2.95. The van der Waals surface area contributed by atoms with Crippen molar-refractivity contribution in [2.75, 3.05) is 19.7 Å². The van der Waals surface area contributed by atoms with Gasteiger partial charge in [0.15, 0.2) is 11.7 Å². The third-order valence-electron chi connectivity index (χ3n) is 3.81. The fourth-order valence-corrected chi connectivity index (χ4v) is 2.57. The van der Waals surface area contributed by atoms with E-state index in [9.17, 15) is 5.11 Å². The van der Waals surface area contributed by atoms with Crippen LogP contribution < -0.4 is 10.6 Å². The molecule has 0 aliphatic carbocycles. The molecular formula is C18H35IN4O2. The Hall–Kier alpha value is -0.830. The van der Waals surface area contributed by atoms with Gasteiger partial charge >= 0.3 is 0 Å². The van der Waals surface area contributed by atoms with Gasteiger partial charge in [0.25, 0.3) is 0 Å². The van der Waals surface area contributed by atoms with E-state index in [4.69, 9.17) is 4.52 Å². The zero-order chi connectivity index (χ0) is 17.9. The zero-order valence-corrected chi connectivity index (χ0v) is 18.5. The number of aliphatic imine (C=N–C) groups is 1. The highest BCUT2D eigenvalue weighted by atomic mass is 127. The Labute approximate surface area is 169 Å². The normalized spacial score (nSPS) is 13.0. The van der Waals surface area contributed by atoms with Gasteiger partial charge in [0.1, 0.15) is 6.54 Å². The molecule has 3 N–H and O–H groups in total. The maximum atomic E-state index is 9.22. The Morgan fingerprint density at radius 3 is 2.52 bits per heavy atom. The average molecular weight is 466 g/mol. The van der Waals surface area contributed by atoms with Gasteiger partial charge in [-0.25, -0.2) is 4.99 Å². The summed E-state index contributed by atoms with van der Waals surface area (Å²) in [6, 6.07) is 1.96. The number of halogens is 1. The summed E-state index contributed by atoms with van der Waals surface area (Å²) >= 11 is 0. The molecule has 0 saturated heterocycles. The standard InChI is InChI=1S/C18H34N4O2.HI/c1-6-19-18(20-11-15(7-8-23)9-13(2)3)21-12-16-10-17(14(4)5)22-24-16;/h10,13-15,23H,6-9,11-12H2,1-5H3,(H2,19,20,21);1H. The molecule has 0 aliphatic rings. The maximum Gasteiger partial charge on any atom is 0.191 e. The van der Waals surface area contributed by atoms with Crippen LogP contribution in [0.4, 0.5) is 0 Å². The SMILES string of the molecule is CCNC(=NCc1cc(C(C)C)no1)NCC(CCO)CC(C)C.I. The highest BCUT2D eigenvalue weighted by Gasteiger charge is 2.12. The molecule has 0 spiro atoms. The fraction of sp³-hybridized carbons (Fsp3) is 0.778. The molecule has 1 unspecified atom stereocenters. The quantitative estimate of drug-likeness (QED) is 0.279. The molecule has 0 aromatic carbocycles. The van der Waals surface area contributed by atoms with E-state index in [1.807, 2.05) is 13.0 Å². The van der Waals surface area contributed by atoms with Gasteiger partial charge in [-0.05, 0) is 37.5 Å². The average Bonchev–Trinajstić information content (AvgIpc) is 2.98. The lowest BCUT2D eigenvalue weighted by molar-refractivity contribution is 0.243. The monoisotopic (exact) mass is 466 g/mol. The molecule has 0 radical (unpaired) electrons. The van der Waals surface area contributed by atoms with Crippen LogP contribution in [0.2, 0.25) is 0 Å². The topological polar surface area (TPSA) is 82.7 Å². The fourth-order valence-electron chi connectivity index (χ4n) is 2.57. The number of rotatable bonds is 10. The molecule has 1 aromatic rings. The number of aliphatic hydroxyl groups is 1. The van der Waals surface area contributed by atoms with E-state index in [1.165, 1.54) is 0 Å². The Morgan fingerprint density at radius 1 is 1.28 bits per heavy atom. The Bertz CT molecular complexity index is 489. The van der Waals surface area contributed by atoms with Crippen molar-refractivity contribution in [1.82, 2.24) is 15.8 Å². The van der Waals surface area contributed by atoms with Crippen LogP contribution in [0.3, 0.4) is 0 Å². The molecule has 1 aromatic heterocycles. The van der Waals surface area contributed by atoms with Crippen molar-refractivity contribution in [2.24, 2.45) is 16.8 Å². The van der Waals surface area contributed by atoms with E-state index in [1.54, 1.807) is 0 Å². The molecule has 0 fully saturated rings. The number of nitrogens with one attached hydrogen (secondary N) is 2. The van der Waals surface area contributed by atoms with Crippen molar-refractivity contribution in [2.45, 2.75) is 59.9 Å². The van der Waals surface area contributed by atoms with Crippen LogP contribution in [0.1, 0.15) is 64.8 Å². The third kappa shape index (κ3) is 10.0. The number of guanidine groups is 1. The first-order valence-electron chi connectivity index (χ1n) is 9.04. The lowest BCUT2D eigenvalue weighted by atomic mass is 9.94. The summed E-state index contributed by atoms with van der Waals surface area (Å²) in [4.78, 5) is 4.57. The van der Waals surface area contributed by atoms with Crippen LogP contribution in [-0.2, 0) is 6.54 Å². The second kappa shape index (κ2) is 13.4. The number of nitrogens with zero attached hydrogens (tertiary/aromatic N) is 2. The van der Waals surface area contributed by atoms with Crippen LogP contribution in [0, 0.1) is 11.8 Å². The largest absolute Gasteiger partial charge is 0.396 e. The van der Waals surface area contributed by atoms with Gasteiger partial charge in [0, 0.05) is 25.8 Å². The number of hydrogen-bond acceptors (Lipinski definition) is 4. The van der Waals surface area contributed by atoms with Crippen molar-refractivity contribution < 1.29 is 9.63 Å². The number of aromatic nitrogens is 1. The predicted octanol–water partition coefficient (Wildman–Crippen LogP) is 3.52. The summed E-state index contributed by atoms with van der Waals surface area (Å²) < 4.78 is 5.33. The first-order chi connectivity index (χ1) is 11.5. The third-order valence-corrected chi connectivity index (χ3v) is 3.81. The van der Waals surface area contributed by atoms with Crippen molar-refractivity contribution in [1.29, 1.82) is 0 Å². The maximum absolute atomic E-state index is 9.22. The van der Waals surface area contributed by atoms with Crippen LogP contribution in [0.15, 0.2) is 15.6 Å². The van der Waals surface area contributed by atoms with Gasteiger partial charge in [0.2, 0.25) is 0 Å². The second-order valence-electron chi connectivity index (χ2n) is 6.96. The molecule has 0 saturated carbocycles. The molecule has 0 bridgehead atoms. The molecule has 1 atom stereocenters. The lowest BCUT2D eigenvalue weighted by Crippen LogP contribution is -2.40. The summed E-state index contributed by atoms with van der Waals surface area (Å²) in [6.45, 7) is 12.9. The van der Waals surface area contributed by atoms with Crippen molar-refractivity contribution >= 4 is 29.9 Å². The minimum Gasteiger partial charge on any atom is -0.396 e. The minimum absolute atomic E-state index is 0. The zero-order valence-electron chi connectivity index (χ0n) is 16.2. The molecule has 0 aliphatic heterocycles. The summed E-state index contributed by atoms with van der Waals surface area (Å²) in [6.07, 6.45) is 1.90. The predicted molar refractivity (Wildman–Crippen MR) is 113 cm³/mol. The van der Waals surface area contributed by atoms with E-state index in [2.05, 4.69) is 48.5 Å². The molecule has 0 amide bonds. The molecule has 6 nitrogen and oxygen atoms in total. The smallest absolute Gasteiger partial charge is 0.191 e. The minimum atomic E-state index is 0. The van der Waals surface area contributed by atoms with Gasteiger partial charge in [-0.2, -0.15) is 0 Å². The molecule has 1 heterocycles. The van der Waals surface area contributed by atoms with Gasteiger partial charge in [-0.1, -0.05) is 32.9 Å². The summed E-state index contributed by atoms with van der Waals surface area (Å²) in [7, 11) is 0. The van der Waals surface area contributed by atoms with Crippen molar-refractivity contribution in [3.05, 3.63) is 17.5 Å². The molecule has 7 heteroatoms. The molecule has 146 valence electrons. The van der Waals surface area contributed by atoms with Crippen LogP contribution in [-0.4, -0.2) is 35.9 Å². The van der Waals surface area contributed by atoms with E-state index in [0.717, 1.165) is 43.3 Å². The highest BCUT2D eigenvalue weighted by molar-refractivity contribution is 14.0. The molecule has 25 heavy (non-hydrogen) atoms. The second-order valence-corrected chi connectivity index (χ2v) is 6.96. The van der Waals surface area contributed by atoms with Crippen molar-refractivity contribution in [3.8, 4) is 0 Å². The van der Waals surface area contributed by atoms with Crippen LogP contribution >= 0.6 is 24.0 Å². The molecule has 1 rings (SSSR count). The highest BCUT2D eigenvalue weighted by Crippen LogP contribution is 2.15. The summed E-state index contributed by atoms with van der Waals surface area (Å²) in [5.41, 5.74) is 0.957. The summed E-state index contributed by atoms with van der Waals surface area (Å²) in [5, 5.41) is 19.9. The van der Waals surface area contributed by atoms with Crippen molar-refractivity contribution in [3.63, 3.8) is 0 Å². The first kappa shape index (κ1) is 24.2. The van der Waals surface area contributed by atoms with E-state index < -0.39 is 0 Å². The Morgan fingerprint density at radius 2 is 2.00 bits per heavy atom. The molecular weight excluding hydrogens is 431 g/mol. The van der Waals surface area contributed by atoms with Gasteiger partial charge in [-0.15, -0.1) is 24.0 Å². The number of hydrogen-bond donors (Lipinski definition) is 3. The number of aliphatic hydroxyl groups excluding tert-OH is 1. The Kier molecular flexibility index (Phi) is 12.9. The van der Waals surface area contributed by atoms with Crippen LogP contribution in [0.25, 0.3) is 0 Å². The van der Waals surface area contributed by atoms with E-state index in [0.29, 0.717) is 24.3 Å². The first-order valence-corrected chi connectivity index (χ1v) is 9.04.